The van der Waals surface area contributed by atoms with Crippen LogP contribution in [0, 0.1) is 0 Å². The van der Waals surface area contributed by atoms with Crippen LogP contribution in [0.15, 0.2) is 6.20 Å². The summed E-state index contributed by atoms with van der Waals surface area (Å²) in [4.78, 5) is 0. The van der Waals surface area contributed by atoms with Gasteiger partial charge >= 0.3 is 0 Å². The molecule has 1 unspecified atom stereocenters. The summed E-state index contributed by atoms with van der Waals surface area (Å²) >= 11 is 0. The molecular formula is C7H14N4. The van der Waals surface area contributed by atoms with Crippen LogP contribution in [0.3, 0.4) is 0 Å². The second-order valence-electron chi connectivity index (χ2n) is 2.68. The third-order valence-electron chi connectivity index (χ3n) is 1.73. The van der Waals surface area contributed by atoms with Crippen LogP contribution >= 0.6 is 0 Å². The number of hydrogen-bond donors (Lipinski definition) is 1. The summed E-state index contributed by atoms with van der Waals surface area (Å²) < 4.78 is 1.72. The minimum absolute atomic E-state index is 0.0833. The van der Waals surface area contributed by atoms with Gasteiger partial charge < -0.3 is 5.73 Å². The summed E-state index contributed by atoms with van der Waals surface area (Å²) in [5.74, 6) is 0. The van der Waals surface area contributed by atoms with Crippen molar-refractivity contribution in [3.8, 4) is 0 Å². The van der Waals surface area contributed by atoms with Gasteiger partial charge in [0.05, 0.1) is 11.9 Å². The van der Waals surface area contributed by atoms with E-state index in [1.165, 1.54) is 0 Å². The van der Waals surface area contributed by atoms with E-state index in [0.29, 0.717) is 0 Å². The van der Waals surface area contributed by atoms with Crippen LogP contribution in [0.2, 0.25) is 0 Å². The fourth-order valence-electron chi connectivity index (χ4n) is 1.09. The Bertz CT molecular complexity index is 218. The summed E-state index contributed by atoms with van der Waals surface area (Å²) in [6.07, 6.45) is 3.80. The molecule has 2 N–H and O–H groups in total. The third kappa shape index (κ3) is 1.77. The van der Waals surface area contributed by atoms with Crippen molar-refractivity contribution >= 4 is 0 Å². The van der Waals surface area contributed by atoms with Crippen molar-refractivity contribution in [2.75, 3.05) is 0 Å². The van der Waals surface area contributed by atoms with E-state index in [1.54, 1.807) is 10.9 Å². The number of nitrogens with two attached hydrogens (primary N) is 1. The first kappa shape index (κ1) is 8.20. The van der Waals surface area contributed by atoms with Gasteiger partial charge in [-0.05, 0) is 6.42 Å². The molecular weight excluding hydrogens is 140 g/mol. The molecule has 0 saturated heterocycles. The molecule has 0 spiro atoms. The fraction of sp³-hybridized carbons (Fsp3) is 0.714. The Kier molecular flexibility index (Phi) is 2.59. The van der Waals surface area contributed by atoms with Crippen molar-refractivity contribution in [1.29, 1.82) is 0 Å². The topological polar surface area (TPSA) is 56.7 Å². The molecule has 62 valence electrons. The van der Waals surface area contributed by atoms with E-state index in [4.69, 9.17) is 5.73 Å². The Labute approximate surface area is 66.4 Å². The lowest BCUT2D eigenvalue weighted by molar-refractivity contribution is 0.570. The maximum atomic E-state index is 5.85. The molecule has 4 heteroatoms. The molecule has 0 amide bonds. The predicted molar refractivity (Wildman–Crippen MR) is 42.8 cm³/mol. The van der Waals surface area contributed by atoms with Gasteiger partial charge in [0.15, 0.2) is 0 Å². The van der Waals surface area contributed by atoms with Crippen LogP contribution in [0.4, 0.5) is 0 Å². The summed E-state index contributed by atoms with van der Waals surface area (Å²) in [5, 5.41) is 7.56. The average Bonchev–Trinajstić information content (AvgIpc) is 2.36. The molecule has 1 heterocycles. The highest BCUT2D eigenvalue weighted by Gasteiger charge is 2.08. The molecule has 0 aromatic carbocycles. The van der Waals surface area contributed by atoms with Gasteiger partial charge in [-0.15, -0.1) is 5.10 Å². The Morgan fingerprint density at radius 3 is 2.91 bits per heavy atom. The number of nitrogens with zero attached hydrogens (tertiary/aromatic N) is 3. The quantitative estimate of drug-likeness (QED) is 0.694. The zero-order valence-corrected chi connectivity index (χ0v) is 6.99. The molecule has 1 atom stereocenters. The standard InChI is InChI=1S/C7H14N4/c1-3-4-6(8)7-5-9-10-11(7)2/h5-6H,3-4,8H2,1-2H3. The van der Waals surface area contributed by atoms with Gasteiger partial charge in [-0.1, -0.05) is 18.6 Å². The van der Waals surface area contributed by atoms with Gasteiger partial charge in [0, 0.05) is 13.1 Å². The van der Waals surface area contributed by atoms with E-state index in [-0.39, 0.29) is 6.04 Å². The van der Waals surface area contributed by atoms with Crippen molar-refractivity contribution in [3.05, 3.63) is 11.9 Å². The largest absolute Gasteiger partial charge is 0.323 e. The summed E-state index contributed by atoms with van der Waals surface area (Å²) in [6, 6.07) is 0.0833. The van der Waals surface area contributed by atoms with E-state index in [1.807, 2.05) is 7.05 Å². The normalized spacial score (nSPS) is 13.4. The van der Waals surface area contributed by atoms with Crippen LogP contribution < -0.4 is 5.73 Å². The Hall–Kier alpha value is -0.900. The van der Waals surface area contributed by atoms with Gasteiger partial charge in [0.2, 0.25) is 0 Å². The summed E-state index contributed by atoms with van der Waals surface area (Å²) in [7, 11) is 1.86. The molecule has 0 aliphatic carbocycles. The number of hydrogen-bond acceptors (Lipinski definition) is 3. The fourth-order valence-corrected chi connectivity index (χ4v) is 1.09. The van der Waals surface area contributed by atoms with Crippen LogP contribution in [-0.2, 0) is 7.05 Å². The van der Waals surface area contributed by atoms with Crippen molar-refractivity contribution < 1.29 is 0 Å². The van der Waals surface area contributed by atoms with E-state index < -0.39 is 0 Å². The van der Waals surface area contributed by atoms with E-state index in [2.05, 4.69) is 17.2 Å². The van der Waals surface area contributed by atoms with Crippen molar-refractivity contribution in [3.63, 3.8) is 0 Å². The molecule has 0 saturated carbocycles. The van der Waals surface area contributed by atoms with Gasteiger partial charge in [-0.25, -0.2) is 0 Å². The Balaban J connectivity index is 2.67. The Morgan fingerprint density at radius 1 is 1.73 bits per heavy atom. The highest BCUT2D eigenvalue weighted by molar-refractivity contribution is 4.99. The number of aryl methyl sites for hydroxylation is 1. The highest BCUT2D eigenvalue weighted by atomic mass is 15.4. The lowest BCUT2D eigenvalue weighted by atomic mass is 10.1. The van der Waals surface area contributed by atoms with Crippen LogP contribution in [0.25, 0.3) is 0 Å². The molecule has 11 heavy (non-hydrogen) atoms. The van der Waals surface area contributed by atoms with Gasteiger partial charge in [-0.2, -0.15) is 0 Å². The first-order chi connectivity index (χ1) is 5.25. The SMILES string of the molecule is CCCC(N)c1cnnn1C. The van der Waals surface area contributed by atoms with Crippen LogP contribution in [-0.4, -0.2) is 15.0 Å². The highest BCUT2D eigenvalue weighted by Crippen LogP contribution is 2.12. The van der Waals surface area contributed by atoms with Crippen molar-refractivity contribution in [2.24, 2.45) is 12.8 Å². The molecule has 0 fully saturated rings. The first-order valence-corrected chi connectivity index (χ1v) is 3.86. The zero-order chi connectivity index (χ0) is 8.27. The predicted octanol–water partition coefficient (Wildman–Crippen LogP) is 0.615. The average molecular weight is 154 g/mol. The molecule has 1 aromatic heterocycles. The molecule has 0 radical (unpaired) electrons. The zero-order valence-electron chi connectivity index (χ0n) is 6.99. The molecule has 1 rings (SSSR count). The van der Waals surface area contributed by atoms with Crippen molar-refractivity contribution in [2.45, 2.75) is 25.8 Å². The third-order valence-corrected chi connectivity index (χ3v) is 1.73. The molecule has 4 nitrogen and oxygen atoms in total. The maximum Gasteiger partial charge on any atom is 0.0751 e. The molecule has 1 aromatic rings. The van der Waals surface area contributed by atoms with Gasteiger partial charge in [0.1, 0.15) is 0 Å². The number of rotatable bonds is 3. The van der Waals surface area contributed by atoms with E-state index in [9.17, 15) is 0 Å². The lowest BCUT2D eigenvalue weighted by Gasteiger charge is -2.08. The second kappa shape index (κ2) is 3.48. The smallest absolute Gasteiger partial charge is 0.0751 e. The first-order valence-electron chi connectivity index (χ1n) is 3.86. The lowest BCUT2D eigenvalue weighted by Crippen LogP contribution is -2.14. The molecule has 0 aliphatic rings. The van der Waals surface area contributed by atoms with Crippen molar-refractivity contribution in [1.82, 2.24) is 15.0 Å². The van der Waals surface area contributed by atoms with Gasteiger partial charge in [-0.3, -0.25) is 4.68 Å². The summed E-state index contributed by atoms with van der Waals surface area (Å²) in [6.45, 7) is 2.11. The van der Waals surface area contributed by atoms with Crippen LogP contribution in [0.5, 0.6) is 0 Å². The number of aromatic nitrogens is 3. The molecule has 0 aliphatic heterocycles. The van der Waals surface area contributed by atoms with E-state index >= 15 is 0 Å². The second-order valence-corrected chi connectivity index (χ2v) is 2.68. The van der Waals surface area contributed by atoms with E-state index in [0.717, 1.165) is 18.5 Å². The summed E-state index contributed by atoms with van der Waals surface area (Å²) in [5.41, 5.74) is 6.86. The Morgan fingerprint density at radius 2 is 2.45 bits per heavy atom. The monoisotopic (exact) mass is 154 g/mol. The minimum atomic E-state index is 0.0833. The minimum Gasteiger partial charge on any atom is -0.323 e. The molecule has 0 bridgehead atoms. The van der Waals surface area contributed by atoms with Crippen LogP contribution in [0.1, 0.15) is 31.5 Å². The maximum absolute atomic E-state index is 5.85. The van der Waals surface area contributed by atoms with Gasteiger partial charge in [0.25, 0.3) is 0 Å².